The van der Waals surface area contributed by atoms with Gasteiger partial charge in [0.2, 0.25) is 0 Å². The third kappa shape index (κ3) is 5.69. The second-order valence-corrected chi connectivity index (χ2v) is 10.2. The molecular formula is C28H20ClN5O6S. The van der Waals surface area contributed by atoms with Crippen LogP contribution >= 0.6 is 22.9 Å². The molecule has 41 heavy (non-hydrogen) atoms. The van der Waals surface area contributed by atoms with Crippen molar-refractivity contribution in [2.75, 3.05) is 5.32 Å². The van der Waals surface area contributed by atoms with E-state index < -0.39 is 28.5 Å². The summed E-state index contributed by atoms with van der Waals surface area (Å²) in [4.78, 5) is 54.2. The number of hydrogen-bond acceptors (Lipinski definition) is 9. The summed E-state index contributed by atoms with van der Waals surface area (Å²) in [6.07, 6.45) is -1.25. The molecule has 3 aromatic carbocycles. The number of fused-ring (bicyclic) bond motifs is 1. The van der Waals surface area contributed by atoms with Gasteiger partial charge in [0, 0.05) is 33.5 Å². The standard InChI is InChI=1S/C28H20ClN5O6S/c1-15-10-11-18(13-22(15)29)33-26(36)21-9-4-3-8-20(21)24(32-33)27(37)40-16(2)25(35)31-28-30-23(14-41-28)17-6-5-7-19(12-17)34(38)39/h3-14,16H,1-2H3,(H,30,31,35). The number of aryl methyl sites for hydroxylation is 1. The number of halogens is 1. The first-order chi connectivity index (χ1) is 19.6. The Labute approximate surface area is 241 Å². The molecule has 0 spiro atoms. The van der Waals surface area contributed by atoms with Crippen LogP contribution in [0.4, 0.5) is 10.8 Å². The molecular weight excluding hydrogens is 570 g/mol. The number of nitro groups is 1. The second-order valence-electron chi connectivity index (χ2n) is 8.93. The molecule has 1 unspecified atom stereocenters. The first-order valence-electron chi connectivity index (χ1n) is 12.1. The van der Waals surface area contributed by atoms with Crippen molar-refractivity contribution in [2.24, 2.45) is 0 Å². The van der Waals surface area contributed by atoms with Crippen molar-refractivity contribution in [1.82, 2.24) is 14.8 Å². The van der Waals surface area contributed by atoms with E-state index in [1.54, 1.807) is 60.0 Å². The molecule has 206 valence electrons. The maximum atomic E-state index is 13.2. The smallest absolute Gasteiger partial charge is 0.360 e. The van der Waals surface area contributed by atoms with Gasteiger partial charge in [0.25, 0.3) is 17.2 Å². The van der Waals surface area contributed by atoms with Gasteiger partial charge in [-0.05, 0) is 37.6 Å². The Balaban J connectivity index is 1.37. The molecule has 13 heteroatoms. The van der Waals surface area contributed by atoms with E-state index in [1.807, 2.05) is 6.92 Å². The molecule has 0 radical (unpaired) electrons. The summed E-state index contributed by atoms with van der Waals surface area (Å²) in [5, 5.41) is 20.7. The predicted molar refractivity (Wildman–Crippen MR) is 155 cm³/mol. The molecule has 5 rings (SSSR count). The quantitative estimate of drug-likeness (QED) is 0.147. The van der Waals surface area contributed by atoms with Gasteiger partial charge in [0.05, 0.1) is 21.7 Å². The average molecular weight is 590 g/mol. The Hall–Kier alpha value is -4.94. The minimum Gasteiger partial charge on any atom is -0.448 e. The first-order valence-corrected chi connectivity index (χ1v) is 13.4. The van der Waals surface area contributed by atoms with Gasteiger partial charge in [-0.25, -0.2) is 9.78 Å². The number of anilines is 1. The number of carbonyl (C=O) groups is 2. The maximum Gasteiger partial charge on any atom is 0.360 e. The number of benzene rings is 3. The van der Waals surface area contributed by atoms with E-state index >= 15 is 0 Å². The molecule has 2 heterocycles. The molecule has 1 amide bonds. The van der Waals surface area contributed by atoms with Gasteiger partial charge in [-0.15, -0.1) is 11.3 Å². The fraction of sp³-hybridized carbons (Fsp3) is 0.107. The first kappa shape index (κ1) is 27.6. The van der Waals surface area contributed by atoms with Crippen LogP contribution in [0.2, 0.25) is 5.02 Å². The van der Waals surface area contributed by atoms with E-state index in [0.717, 1.165) is 21.6 Å². The van der Waals surface area contributed by atoms with Crippen LogP contribution in [0, 0.1) is 17.0 Å². The average Bonchev–Trinajstić information content (AvgIpc) is 3.43. The summed E-state index contributed by atoms with van der Waals surface area (Å²) in [5.74, 6) is -1.56. The highest BCUT2D eigenvalue weighted by Crippen LogP contribution is 2.28. The molecule has 0 aliphatic rings. The number of non-ortho nitro benzene ring substituents is 1. The number of hydrogen-bond donors (Lipinski definition) is 1. The van der Waals surface area contributed by atoms with Crippen molar-refractivity contribution < 1.29 is 19.2 Å². The zero-order valence-corrected chi connectivity index (χ0v) is 23.1. The lowest BCUT2D eigenvalue weighted by atomic mass is 10.1. The SMILES string of the molecule is Cc1ccc(-n2nc(C(=O)OC(C)C(=O)Nc3nc(-c4cccc([N+](=O)[O-])c4)cs3)c3ccccc3c2=O)cc1Cl. The lowest BCUT2D eigenvalue weighted by Crippen LogP contribution is -2.31. The van der Waals surface area contributed by atoms with Gasteiger partial charge in [0.15, 0.2) is 16.9 Å². The van der Waals surface area contributed by atoms with Gasteiger partial charge in [-0.3, -0.25) is 25.0 Å². The zero-order chi connectivity index (χ0) is 29.3. The Morgan fingerprint density at radius 1 is 1.10 bits per heavy atom. The highest BCUT2D eigenvalue weighted by molar-refractivity contribution is 7.14. The van der Waals surface area contributed by atoms with Gasteiger partial charge in [-0.1, -0.05) is 48.0 Å². The summed E-state index contributed by atoms with van der Waals surface area (Å²) in [7, 11) is 0. The minimum absolute atomic E-state index is 0.0837. The fourth-order valence-electron chi connectivity index (χ4n) is 3.95. The van der Waals surface area contributed by atoms with Crippen molar-refractivity contribution >= 4 is 56.4 Å². The molecule has 0 bridgehead atoms. The second kappa shape index (κ2) is 11.3. The summed E-state index contributed by atoms with van der Waals surface area (Å²) in [5.41, 5.74) is 1.43. The topological polar surface area (TPSA) is 146 Å². The molecule has 1 atom stereocenters. The Morgan fingerprint density at radius 2 is 1.85 bits per heavy atom. The fourth-order valence-corrected chi connectivity index (χ4v) is 4.85. The molecule has 2 aromatic heterocycles. The summed E-state index contributed by atoms with van der Waals surface area (Å²) in [6.45, 7) is 3.21. The molecule has 1 N–H and O–H groups in total. The van der Waals surface area contributed by atoms with Crippen molar-refractivity contribution in [3.63, 3.8) is 0 Å². The number of rotatable bonds is 7. The normalized spacial score (nSPS) is 11.7. The lowest BCUT2D eigenvalue weighted by Gasteiger charge is -2.14. The number of carbonyl (C=O) groups excluding carboxylic acids is 2. The van der Waals surface area contributed by atoms with Crippen LogP contribution in [0.15, 0.2) is 76.9 Å². The molecule has 0 saturated heterocycles. The van der Waals surface area contributed by atoms with E-state index in [2.05, 4.69) is 15.4 Å². The number of esters is 1. The molecule has 11 nitrogen and oxygen atoms in total. The summed E-state index contributed by atoms with van der Waals surface area (Å²) in [6, 6.07) is 17.4. The maximum absolute atomic E-state index is 13.2. The largest absolute Gasteiger partial charge is 0.448 e. The zero-order valence-electron chi connectivity index (χ0n) is 21.5. The van der Waals surface area contributed by atoms with E-state index in [1.165, 1.54) is 19.1 Å². The number of nitrogens with one attached hydrogen (secondary N) is 1. The van der Waals surface area contributed by atoms with E-state index in [0.29, 0.717) is 22.0 Å². The molecule has 5 aromatic rings. The van der Waals surface area contributed by atoms with Crippen LogP contribution in [0.25, 0.3) is 27.7 Å². The minimum atomic E-state index is -1.25. The van der Waals surface area contributed by atoms with Crippen molar-refractivity contribution in [1.29, 1.82) is 0 Å². The third-order valence-corrected chi connectivity index (χ3v) is 7.30. The van der Waals surface area contributed by atoms with Crippen LogP contribution < -0.4 is 10.9 Å². The Morgan fingerprint density at radius 3 is 2.59 bits per heavy atom. The van der Waals surface area contributed by atoms with Crippen molar-refractivity contribution in [3.8, 4) is 16.9 Å². The monoisotopic (exact) mass is 589 g/mol. The highest BCUT2D eigenvalue weighted by Gasteiger charge is 2.24. The van der Waals surface area contributed by atoms with Crippen LogP contribution in [0.3, 0.4) is 0 Å². The van der Waals surface area contributed by atoms with E-state index in [4.69, 9.17) is 16.3 Å². The Kier molecular flexibility index (Phi) is 7.60. The van der Waals surface area contributed by atoms with Gasteiger partial charge >= 0.3 is 5.97 Å². The number of nitrogens with zero attached hydrogens (tertiary/aromatic N) is 4. The number of amides is 1. The molecule has 0 aliphatic heterocycles. The van der Waals surface area contributed by atoms with Gasteiger partial charge in [-0.2, -0.15) is 9.78 Å². The molecule has 0 fully saturated rings. The van der Waals surface area contributed by atoms with Crippen LogP contribution in [-0.2, 0) is 9.53 Å². The number of thiazole rings is 1. The molecule has 0 aliphatic carbocycles. The van der Waals surface area contributed by atoms with Gasteiger partial charge in [0.1, 0.15) is 0 Å². The molecule has 0 saturated carbocycles. The Bertz CT molecular complexity index is 1900. The highest BCUT2D eigenvalue weighted by atomic mass is 35.5. The van der Waals surface area contributed by atoms with Crippen LogP contribution in [0.5, 0.6) is 0 Å². The predicted octanol–water partition coefficient (Wildman–Crippen LogP) is 5.56. The van der Waals surface area contributed by atoms with Gasteiger partial charge < -0.3 is 4.74 Å². The van der Waals surface area contributed by atoms with Crippen LogP contribution in [-0.4, -0.2) is 37.7 Å². The summed E-state index contributed by atoms with van der Waals surface area (Å²) >= 11 is 7.36. The number of ether oxygens (including phenoxy) is 1. The van der Waals surface area contributed by atoms with Crippen LogP contribution in [0.1, 0.15) is 23.0 Å². The number of nitro benzene ring substituents is 1. The third-order valence-electron chi connectivity index (χ3n) is 6.14. The summed E-state index contributed by atoms with van der Waals surface area (Å²) < 4.78 is 6.50. The lowest BCUT2D eigenvalue weighted by molar-refractivity contribution is -0.384. The number of aromatic nitrogens is 3. The van der Waals surface area contributed by atoms with E-state index in [9.17, 15) is 24.5 Å². The van der Waals surface area contributed by atoms with Crippen molar-refractivity contribution in [3.05, 3.63) is 109 Å². The van der Waals surface area contributed by atoms with E-state index in [-0.39, 0.29) is 27.3 Å². The van der Waals surface area contributed by atoms with Crippen molar-refractivity contribution in [2.45, 2.75) is 20.0 Å².